The number of carbonyl (C=O) groups excluding carboxylic acids is 1. The monoisotopic (exact) mass is 164 g/mol. The Balaban J connectivity index is 2.28. The van der Waals surface area contributed by atoms with Crippen LogP contribution in [0.1, 0.15) is 0 Å². The van der Waals surface area contributed by atoms with E-state index in [1.165, 1.54) is 0 Å². The molecule has 1 aliphatic rings. The van der Waals surface area contributed by atoms with Gasteiger partial charge in [-0.3, -0.25) is 4.79 Å². The van der Waals surface area contributed by atoms with Gasteiger partial charge in [0.25, 0.3) is 0 Å². The third-order valence-electron chi connectivity index (χ3n) is 1.68. The molecule has 0 saturated heterocycles. The van der Waals surface area contributed by atoms with Crippen LogP contribution in [0, 0.1) is 0 Å². The molecule has 0 aromatic heterocycles. The lowest BCUT2D eigenvalue weighted by atomic mass is 10.3. The summed E-state index contributed by atoms with van der Waals surface area (Å²) < 4.78 is 10.6. The van der Waals surface area contributed by atoms with Gasteiger partial charge in [0, 0.05) is 0 Å². The molecule has 0 spiro atoms. The van der Waals surface area contributed by atoms with Crippen LogP contribution < -0.4 is 9.47 Å². The predicted octanol–water partition coefficient (Wildman–Crippen LogP) is 1.03. The molecule has 62 valence electrons. The first-order chi connectivity index (χ1) is 5.90. The molecule has 0 saturated carbocycles. The number of rotatable bonds is 1. The second-order valence-electron chi connectivity index (χ2n) is 2.55. The number of fused-ring (bicyclic) bond motifs is 1. The van der Waals surface area contributed by atoms with E-state index in [0.717, 1.165) is 6.29 Å². The molecule has 1 atom stereocenters. The third kappa shape index (κ3) is 1.13. The van der Waals surface area contributed by atoms with Crippen molar-refractivity contribution in [1.29, 1.82) is 0 Å². The molecule has 3 heteroatoms. The van der Waals surface area contributed by atoms with E-state index in [4.69, 9.17) is 9.47 Å². The van der Waals surface area contributed by atoms with Gasteiger partial charge in [-0.15, -0.1) is 0 Å². The summed E-state index contributed by atoms with van der Waals surface area (Å²) in [6.45, 7) is 0.306. The molecule has 1 heterocycles. The number of hydrogen-bond donors (Lipinski definition) is 0. The zero-order valence-corrected chi connectivity index (χ0v) is 6.40. The average Bonchev–Trinajstić information content (AvgIpc) is 2.17. The summed E-state index contributed by atoms with van der Waals surface area (Å²) in [7, 11) is 0. The maximum atomic E-state index is 10.4. The van der Waals surface area contributed by atoms with Crippen molar-refractivity contribution in [2.75, 3.05) is 6.61 Å². The minimum atomic E-state index is -0.458. The van der Waals surface area contributed by atoms with Crippen LogP contribution in [-0.2, 0) is 4.79 Å². The molecule has 1 aliphatic heterocycles. The Bertz CT molecular complexity index is 296. The molecule has 0 bridgehead atoms. The Morgan fingerprint density at radius 1 is 1.33 bits per heavy atom. The lowest BCUT2D eigenvalue weighted by molar-refractivity contribution is -0.115. The fraction of sp³-hybridized carbons (Fsp3) is 0.222. The summed E-state index contributed by atoms with van der Waals surface area (Å²) in [6.07, 6.45) is 0.288. The van der Waals surface area contributed by atoms with Gasteiger partial charge in [0.2, 0.25) is 0 Å². The van der Waals surface area contributed by atoms with Crippen molar-refractivity contribution < 1.29 is 14.3 Å². The molecule has 0 unspecified atom stereocenters. The van der Waals surface area contributed by atoms with E-state index in [2.05, 4.69) is 0 Å². The van der Waals surface area contributed by atoms with Crippen LogP contribution >= 0.6 is 0 Å². The van der Waals surface area contributed by atoms with Gasteiger partial charge < -0.3 is 9.47 Å². The normalized spacial score (nSPS) is 20.2. The van der Waals surface area contributed by atoms with Crippen molar-refractivity contribution in [3.8, 4) is 11.5 Å². The highest BCUT2D eigenvalue weighted by Gasteiger charge is 2.18. The number of ether oxygens (including phenoxy) is 2. The number of aldehydes is 1. The molecule has 3 nitrogen and oxygen atoms in total. The van der Waals surface area contributed by atoms with Crippen LogP contribution in [0.5, 0.6) is 11.5 Å². The largest absolute Gasteiger partial charge is 0.485 e. The second-order valence-corrected chi connectivity index (χ2v) is 2.55. The van der Waals surface area contributed by atoms with Crippen LogP contribution in [0.2, 0.25) is 0 Å². The topological polar surface area (TPSA) is 35.5 Å². The van der Waals surface area contributed by atoms with Crippen molar-refractivity contribution in [2.24, 2.45) is 0 Å². The van der Waals surface area contributed by atoms with Gasteiger partial charge in [-0.1, -0.05) is 12.1 Å². The highest BCUT2D eigenvalue weighted by Crippen LogP contribution is 2.30. The van der Waals surface area contributed by atoms with Gasteiger partial charge in [0.05, 0.1) is 0 Å². The third-order valence-corrected chi connectivity index (χ3v) is 1.68. The Kier molecular flexibility index (Phi) is 1.70. The van der Waals surface area contributed by atoms with Crippen molar-refractivity contribution in [3.05, 3.63) is 24.3 Å². The molecular formula is C9H8O3. The maximum absolute atomic E-state index is 10.4. The van der Waals surface area contributed by atoms with Gasteiger partial charge in [0.15, 0.2) is 23.9 Å². The van der Waals surface area contributed by atoms with E-state index in [-0.39, 0.29) is 0 Å². The zero-order chi connectivity index (χ0) is 8.39. The Morgan fingerprint density at radius 2 is 2.08 bits per heavy atom. The Hall–Kier alpha value is -1.51. The van der Waals surface area contributed by atoms with Gasteiger partial charge in [-0.05, 0) is 12.1 Å². The van der Waals surface area contributed by atoms with Gasteiger partial charge >= 0.3 is 0 Å². The minimum absolute atomic E-state index is 0.306. The molecule has 2 rings (SSSR count). The van der Waals surface area contributed by atoms with Crippen molar-refractivity contribution in [2.45, 2.75) is 6.10 Å². The fourth-order valence-electron chi connectivity index (χ4n) is 1.10. The van der Waals surface area contributed by atoms with E-state index < -0.39 is 6.10 Å². The molecule has 1 aromatic rings. The van der Waals surface area contributed by atoms with Crippen LogP contribution in [0.4, 0.5) is 0 Å². The first kappa shape index (κ1) is 7.16. The lowest BCUT2D eigenvalue weighted by Gasteiger charge is -2.22. The van der Waals surface area contributed by atoms with Crippen molar-refractivity contribution >= 4 is 6.29 Å². The average molecular weight is 164 g/mol. The van der Waals surface area contributed by atoms with Crippen LogP contribution in [0.3, 0.4) is 0 Å². The summed E-state index contributed by atoms with van der Waals surface area (Å²) in [4.78, 5) is 10.4. The molecule has 0 fully saturated rings. The Labute approximate surface area is 69.9 Å². The molecule has 0 radical (unpaired) electrons. The molecule has 12 heavy (non-hydrogen) atoms. The SMILES string of the molecule is O=C[C@H]1COc2ccccc2O1. The van der Waals surface area contributed by atoms with E-state index in [0.29, 0.717) is 18.1 Å². The Morgan fingerprint density at radius 3 is 2.83 bits per heavy atom. The van der Waals surface area contributed by atoms with Gasteiger partial charge in [-0.2, -0.15) is 0 Å². The summed E-state index contributed by atoms with van der Waals surface area (Å²) in [5.41, 5.74) is 0. The number of carbonyl (C=O) groups is 1. The summed E-state index contributed by atoms with van der Waals surface area (Å²) >= 11 is 0. The van der Waals surface area contributed by atoms with E-state index in [1.54, 1.807) is 6.07 Å². The smallest absolute Gasteiger partial charge is 0.187 e. The molecule has 1 aromatic carbocycles. The lowest BCUT2D eigenvalue weighted by Crippen LogP contribution is -2.30. The van der Waals surface area contributed by atoms with Gasteiger partial charge in [0.1, 0.15) is 6.61 Å². The summed E-state index contributed by atoms with van der Waals surface area (Å²) in [5.74, 6) is 1.34. The molecule has 0 amide bonds. The second kappa shape index (κ2) is 2.85. The van der Waals surface area contributed by atoms with Gasteiger partial charge in [-0.25, -0.2) is 0 Å². The molecule has 0 N–H and O–H groups in total. The first-order valence-electron chi connectivity index (χ1n) is 3.74. The highest BCUT2D eigenvalue weighted by atomic mass is 16.6. The van der Waals surface area contributed by atoms with Crippen molar-refractivity contribution in [1.82, 2.24) is 0 Å². The standard InChI is InChI=1S/C9H8O3/c10-5-7-6-11-8-3-1-2-4-9(8)12-7/h1-5,7H,6H2/t7-/m0/s1. The quantitative estimate of drug-likeness (QED) is 0.581. The minimum Gasteiger partial charge on any atom is -0.485 e. The maximum Gasteiger partial charge on any atom is 0.187 e. The number of benzene rings is 1. The number of para-hydroxylation sites is 2. The predicted molar refractivity (Wildman–Crippen MR) is 42.4 cm³/mol. The fourth-order valence-corrected chi connectivity index (χ4v) is 1.10. The summed E-state index contributed by atoms with van der Waals surface area (Å²) in [6, 6.07) is 7.31. The van der Waals surface area contributed by atoms with Crippen LogP contribution in [0.25, 0.3) is 0 Å². The molecule has 0 aliphatic carbocycles. The molecular weight excluding hydrogens is 156 g/mol. The number of hydrogen-bond acceptors (Lipinski definition) is 3. The highest BCUT2D eigenvalue weighted by molar-refractivity contribution is 5.58. The van der Waals surface area contributed by atoms with Crippen LogP contribution in [-0.4, -0.2) is 19.0 Å². The zero-order valence-electron chi connectivity index (χ0n) is 6.40. The van der Waals surface area contributed by atoms with Crippen LogP contribution in [0.15, 0.2) is 24.3 Å². The van der Waals surface area contributed by atoms with E-state index in [9.17, 15) is 4.79 Å². The van der Waals surface area contributed by atoms with E-state index >= 15 is 0 Å². The van der Waals surface area contributed by atoms with Crippen molar-refractivity contribution in [3.63, 3.8) is 0 Å². The van der Waals surface area contributed by atoms with E-state index in [1.807, 2.05) is 18.2 Å². The summed E-state index contributed by atoms with van der Waals surface area (Å²) in [5, 5.41) is 0. The first-order valence-corrected chi connectivity index (χ1v) is 3.74.